The van der Waals surface area contributed by atoms with Crippen molar-refractivity contribution in [1.82, 2.24) is 10.2 Å². The summed E-state index contributed by atoms with van der Waals surface area (Å²) in [6, 6.07) is 3.83. The zero-order chi connectivity index (χ0) is 14.3. The van der Waals surface area contributed by atoms with Gasteiger partial charge in [0.2, 0.25) is 5.91 Å². The van der Waals surface area contributed by atoms with Crippen LogP contribution in [0.5, 0.6) is 0 Å². The second kappa shape index (κ2) is 4.86. The third-order valence-corrected chi connectivity index (χ3v) is 4.80. The number of hydrogen-bond donors (Lipinski definition) is 2. The zero-order valence-electron chi connectivity index (χ0n) is 11.3. The molecule has 0 radical (unpaired) electrons. The van der Waals surface area contributed by atoms with Crippen LogP contribution in [-0.2, 0) is 11.2 Å². The lowest BCUT2D eigenvalue weighted by atomic mass is 9.88. The number of nitrogens with one attached hydrogen (secondary N) is 2. The molecule has 5 nitrogen and oxygen atoms in total. The Kier molecular flexibility index (Phi) is 3.17. The van der Waals surface area contributed by atoms with Crippen molar-refractivity contribution in [3.8, 4) is 0 Å². The van der Waals surface area contributed by atoms with Crippen molar-refractivity contribution in [2.24, 2.45) is 0 Å². The number of Topliss-reactive ketones (excluding diaryl/α,β-unsaturated/α-hetero) is 1. The third kappa shape index (κ3) is 2.06. The summed E-state index contributed by atoms with van der Waals surface area (Å²) in [4.78, 5) is 26.3. The van der Waals surface area contributed by atoms with Crippen molar-refractivity contribution >= 4 is 28.8 Å². The standard InChI is InChI=1S/C14H15N3O2S/c1-3-8-4-5-10(20-8)13(19)9-6-11(18)15-14-12(9)7(2)16-17-14/h4-5,9H,3,6H2,1-2H3,(H2,15,16,17,18). The van der Waals surface area contributed by atoms with Gasteiger partial charge in [-0.2, -0.15) is 5.10 Å². The van der Waals surface area contributed by atoms with E-state index in [2.05, 4.69) is 22.4 Å². The Morgan fingerprint density at radius 2 is 2.30 bits per heavy atom. The van der Waals surface area contributed by atoms with E-state index in [0.29, 0.717) is 10.7 Å². The normalized spacial score (nSPS) is 17.7. The van der Waals surface area contributed by atoms with Crippen LogP contribution in [0.2, 0.25) is 0 Å². The van der Waals surface area contributed by atoms with E-state index in [0.717, 1.165) is 17.7 Å². The van der Waals surface area contributed by atoms with Crippen molar-refractivity contribution in [3.63, 3.8) is 0 Å². The molecule has 2 aromatic heterocycles. The van der Waals surface area contributed by atoms with E-state index in [9.17, 15) is 9.59 Å². The number of nitrogens with zero attached hydrogens (tertiary/aromatic N) is 1. The van der Waals surface area contributed by atoms with Gasteiger partial charge in [-0.3, -0.25) is 14.7 Å². The average molecular weight is 289 g/mol. The van der Waals surface area contributed by atoms with E-state index < -0.39 is 5.92 Å². The number of hydrogen-bond acceptors (Lipinski definition) is 4. The van der Waals surface area contributed by atoms with Gasteiger partial charge in [-0.25, -0.2) is 0 Å². The molecule has 3 rings (SSSR count). The largest absolute Gasteiger partial charge is 0.309 e. The number of aromatic amines is 1. The van der Waals surface area contributed by atoms with Crippen LogP contribution < -0.4 is 5.32 Å². The summed E-state index contributed by atoms with van der Waals surface area (Å²) in [6.07, 6.45) is 1.10. The zero-order valence-corrected chi connectivity index (χ0v) is 12.1. The molecule has 0 saturated heterocycles. The number of fused-ring (bicyclic) bond motifs is 1. The van der Waals surface area contributed by atoms with Crippen molar-refractivity contribution in [1.29, 1.82) is 0 Å². The van der Waals surface area contributed by atoms with E-state index in [4.69, 9.17) is 0 Å². The van der Waals surface area contributed by atoms with Crippen molar-refractivity contribution in [2.75, 3.05) is 5.32 Å². The Morgan fingerprint density at radius 3 is 3.00 bits per heavy atom. The monoisotopic (exact) mass is 289 g/mol. The molecule has 2 aromatic rings. The third-order valence-electron chi connectivity index (χ3n) is 3.56. The van der Waals surface area contributed by atoms with Gasteiger partial charge < -0.3 is 5.32 Å². The molecule has 1 aliphatic heterocycles. The first-order valence-electron chi connectivity index (χ1n) is 6.57. The minimum absolute atomic E-state index is 0.00954. The molecule has 1 amide bonds. The Balaban J connectivity index is 1.99. The summed E-state index contributed by atoms with van der Waals surface area (Å²) in [5, 5.41) is 9.59. The summed E-state index contributed by atoms with van der Waals surface area (Å²) in [5.74, 6) is -0.0878. The molecule has 1 unspecified atom stereocenters. The Morgan fingerprint density at radius 1 is 1.50 bits per heavy atom. The molecular weight excluding hydrogens is 274 g/mol. The van der Waals surface area contributed by atoms with Gasteiger partial charge in [-0.05, 0) is 25.5 Å². The number of carbonyl (C=O) groups is 2. The maximum atomic E-state index is 12.7. The van der Waals surface area contributed by atoms with Crippen LogP contribution in [0.1, 0.15) is 45.1 Å². The minimum Gasteiger partial charge on any atom is -0.309 e. The number of amides is 1. The summed E-state index contributed by atoms with van der Waals surface area (Å²) in [6.45, 7) is 3.93. The maximum absolute atomic E-state index is 12.7. The predicted octanol–water partition coefficient (Wildman–Crippen LogP) is 2.65. The summed E-state index contributed by atoms with van der Waals surface area (Å²) in [7, 11) is 0. The Bertz CT molecular complexity index is 686. The fraction of sp³-hybridized carbons (Fsp3) is 0.357. The Labute approximate surface area is 120 Å². The molecule has 1 atom stereocenters. The predicted molar refractivity (Wildman–Crippen MR) is 77.3 cm³/mol. The van der Waals surface area contributed by atoms with Gasteiger partial charge in [-0.15, -0.1) is 11.3 Å². The van der Waals surface area contributed by atoms with E-state index in [1.165, 1.54) is 16.2 Å². The number of rotatable bonds is 3. The maximum Gasteiger partial charge on any atom is 0.226 e. The van der Waals surface area contributed by atoms with Crippen LogP contribution in [0.4, 0.5) is 5.82 Å². The number of aryl methyl sites for hydroxylation is 2. The molecule has 2 N–H and O–H groups in total. The summed E-state index contributed by atoms with van der Waals surface area (Å²) in [5.41, 5.74) is 1.66. The van der Waals surface area contributed by atoms with E-state index in [1.54, 1.807) is 0 Å². The van der Waals surface area contributed by atoms with Gasteiger partial charge in [-0.1, -0.05) is 6.92 Å². The Hall–Kier alpha value is -1.95. The van der Waals surface area contributed by atoms with Gasteiger partial charge >= 0.3 is 0 Å². The first-order valence-corrected chi connectivity index (χ1v) is 7.39. The highest BCUT2D eigenvalue weighted by Crippen LogP contribution is 2.36. The molecule has 0 saturated carbocycles. The molecular formula is C14H15N3O2S. The van der Waals surface area contributed by atoms with E-state index in [1.807, 2.05) is 19.1 Å². The number of thiophene rings is 1. The molecule has 0 spiro atoms. The van der Waals surface area contributed by atoms with E-state index >= 15 is 0 Å². The van der Waals surface area contributed by atoms with E-state index in [-0.39, 0.29) is 18.1 Å². The van der Waals surface area contributed by atoms with Crippen molar-refractivity contribution in [2.45, 2.75) is 32.6 Å². The average Bonchev–Trinajstić information content (AvgIpc) is 3.04. The van der Waals surface area contributed by atoms with Crippen molar-refractivity contribution < 1.29 is 9.59 Å². The summed E-state index contributed by atoms with van der Waals surface area (Å²) < 4.78 is 0. The quantitative estimate of drug-likeness (QED) is 0.853. The lowest BCUT2D eigenvalue weighted by Gasteiger charge is -2.20. The second-order valence-electron chi connectivity index (χ2n) is 4.90. The molecule has 20 heavy (non-hydrogen) atoms. The number of ketones is 1. The second-order valence-corrected chi connectivity index (χ2v) is 6.07. The SMILES string of the molecule is CCc1ccc(C(=O)C2CC(=O)Nc3n[nH]c(C)c32)s1. The highest BCUT2D eigenvalue weighted by atomic mass is 32.1. The van der Waals surface area contributed by atoms with Crippen LogP contribution >= 0.6 is 11.3 Å². The fourth-order valence-corrected chi connectivity index (χ4v) is 3.47. The lowest BCUT2D eigenvalue weighted by molar-refractivity contribution is -0.116. The molecule has 0 aliphatic carbocycles. The fourth-order valence-electron chi connectivity index (χ4n) is 2.53. The molecule has 0 fully saturated rings. The molecule has 3 heterocycles. The van der Waals surface area contributed by atoms with Gasteiger partial charge in [0.15, 0.2) is 11.6 Å². The van der Waals surface area contributed by atoms with Crippen LogP contribution in [0.25, 0.3) is 0 Å². The lowest BCUT2D eigenvalue weighted by Crippen LogP contribution is -2.27. The number of carbonyl (C=O) groups excluding carboxylic acids is 2. The molecule has 0 bridgehead atoms. The molecule has 104 valence electrons. The van der Waals surface area contributed by atoms with Gasteiger partial charge in [0.1, 0.15) is 0 Å². The summed E-state index contributed by atoms with van der Waals surface area (Å²) >= 11 is 1.51. The van der Waals surface area contributed by atoms with Crippen LogP contribution in [0, 0.1) is 6.92 Å². The van der Waals surface area contributed by atoms with Crippen molar-refractivity contribution in [3.05, 3.63) is 33.1 Å². The molecule has 1 aliphatic rings. The number of anilines is 1. The first-order chi connectivity index (χ1) is 9.60. The highest BCUT2D eigenvalue weighted by Gasteiger charge is 2.35. The number of H-pyrrole nitrogens is 1. The van der Waals surface area contributed by atoms with Crippen LogP contribution in [0.15, 0.2) is 12.1 Å². The van der Waals surface area contributed by atoms with Gasteiger partial charge in [0.05, 0.1) is 10.8 Å². The molecule has 6 heteroatoms. The van der Waals surface area contributed by atoms with Crippen LogP contribution in [-0.4, -0.2) is 21.9 Å². The van der Waals surface area contributed by atoms with Gasteiger partial charge in [0, 0.05) is 22.6 Å². The first kappa shape index (κ1) is 13.1. The highest BCUT2D eigenvalue weighted by molar-refractivity contribution is 7.14. The molecule has 0 aromatic carbocycles. The topological polar surface area (TPSA) is 74.8 Å². The minimum atomic E-state index is -0.430. The van der Waals surface area contributed by atoms with Gasteiger partial charge in [0.25, 0.3) is 0 Å². The number of aromatic nitrogens is 2. The smallest absolute Gasteiger partial charge is 0.226 e. The van der Waals surface area contributed by atoms with Crippen LogP contribution in [0.3, 0.4) is 0 Å².